The van der Waals surface area contributed by atoms with E-state index in [1.54, 1.807) is 0 Å². The van der Waals surface area contributed by atoms with Crippen LogP contribution >= 0.6 is 15.9 Å². The van der Waals surface area contributed by atoms with Gasteiger partial charge in [-0.3, -0.25) is 0 Å². The van der Waals surface area contributed by atoms with Crippen molar-refractivity contribution in [3.05, 3.63) is 35.0 Å². The Bertz CT molecular complexity index is 611. The van der Waals surface area contributed by atoms with Crippen LogP contribution in [0.15, 0.2) is 29.1 Å². The molecule has 3 heterocycles. The molecule has 0 bridgehead atoms. The Kier molecular flexibility index (Phi) is 3.41. The third kappa shape index (κ3) is 2.69. The molecular formula is C15H18BrN5. The van der Waals surface area contributed by atoms with Gasteiger partial charge in [-0.15, -0.1) is 10.2 Å². The van der Waals surface area contributed by atoms with E-state index < -0.39 is 0 Å². The van der Waals surface area contributed by atoms with Crippen molar-refractivity contribution in [2.45, 2.75) is 37.6 Å². The lowest BCUT2D eigenvalue weighted by Gasteiger charge is -2.32. The summed E-state index contributed by atoms with van der Waals surface area (Å²) in [6, 6.07) is 4.80. The number of aromatic nitrogens is 4. The molecule has 1 aliphatic heterocycles. The molecule has 0 spiro atoms. The molecule has 6 heteroatoms. The number of rotatable bonds is 3. The Morgan fingerprint density at radius 1 is 1.10 bits per heavy atom. The molecule has 4 rings (SSSR count). The van der Waals surface area contributed by atoms with Crippen LogP contribution in [0.2, 0.25) is 0 Å². The van der Waals surface area contributed by atoms with Gasteiger partial charge in [0.2, 0.25) is 0 Å². The molecule has 0 radical (unpaired) electrons. The van der Waals surface area contributed by atoms with Gasteiger partial charge >= 0.3 is 0 Å². The fourth-order valence-electron chi connectivity index (χ4n) is 3.10. The van der Waals surface area contributed by atoms with E-state index >= 15 is 0 Å². The second kappa shape index (κ2) is 5.40. The molecule has 21 heavy (non-hydrogen) atoms. The lowest BCUT2D eigenvalue weighted by molar-refractivity contribution is 0.463. The number of piperidine rings is 1. The van der Waals surface area contributed by atoms with E-state index in [0.29, 0.717) is 12.0 Å². The second-order valence-electron chi connectivity index (χ2n) is 5.92. The zero-order valence-corrected chi connectivity index (χ0v) is 13.4. The highest BCUT2D eigenvalue weighted by molar-refractivity contribution is 9.10. The van der Waals surface area contributed by atoms with E-state index in [-0.39, 0.29) is 0 Å². The van der Waals surface area contributed by atoms with Gasteiger partial charge in [0, 0.05) is 35.7 Å². The van der Waals surface area contributed by atoms with Crippen molar-refractivity contribution in [3.8, 4) is 0 Å². The molecule has 0 aromatic carbocycles. The first-order chi connectivity index (χ1) is 10.3. The average Bonchev–Trinajstić information content (AvgIpc) is 3.25. The van der Waals surface area contributed by atoms with E-state index in [1.165, 1.54) is 18.7 Å². The van der Waals surface area contributed by atoms with Gasteiger partial charge in [0.05, 0.1) is 0 Å². The third-order valence-electron chi connectivity index (χ3n) is 4.44. The van der Waals surface area contributed by atoms with E-state index in [2.05, 4.69) is 52.7 Å². The maximum absolute atomic E-state index is 4.49. The number of hydrogen-bond acceptors (Lipinski definition) is 4. The van der Waals surface area contributed by atoms with Crippen LogP contribution in [-0.2, 0) is 0 Å². The van der Waals surface area contributed by atoms with Gasteiger partial charge < -0.3 is 9.47 Å². The highest BCUT2D eigenvalue weighted by Crippen LogP contribution is 2.38. The van der Waals surface area contributed by atoms with Crippen molar-refractivity contribution < 1.29 is 0 Å². The first kappa shape index (κ1) is 13.2. The number of halogens is 1. The number of pyridine rings is 1. The van der Waals surface area contributed by atoms with Crippen LogP contribution in [0.25, 0.3) is 0 Å². The van der Waals surface area contributed by atoms with Crippen molar-refractivity contribution in [2.75, 3.05) is 18.0 Å². The summed E-state index contributed by atoms with van der Waals surface area (Å²) in [6.45, 7) is 2.08. The SMILES string of the molecule is Brc1ccc(N2CCC(c3nncn3C3CC3)CC2)nc1. The Hall–Kier alpha value is -1.43. The molecule has 5 nitrogen and oxygen atoms in total. The lowest BCUT2D eigenvalue weighted by atomic mass is 9.96. The molecule has 110 valence electrons. The minimum absolute atomic E-state index is 0.541. The topological polar surface area (TPSA) is 46.8 Å². The summed E-state index contributed by atoms with van der Waals surface area (Å²) in [7, 11) is 0. The van der Waals surface area contributed by atoms with Crippen LogP contribution in [0.5, 0.6) is 0 Å². The molecule has 1 saturated heterocycles. The first-order valence-electron chi connectivity index (χ1n) is 7.57. The average molecular weight is 348 g/mol. The summed E-state index contributed by atoms with van der Waals surface area (Å²) < 4.78 is 3.33. The van der Waals surface area contributed by atoms with E-state index in [9.17, 15) is 0 Å². The van der Waals surface area contributed by atoms with Crippen LogP contribution in [0.3, 0.4) is 0 Å². The smallest absolute Gasteiger partial charge is 0.136 e. The van der Waals surface area contributed by atoms with Crippen LogP contribution in [0.1, 0.15) is 43.5 Å². The molecule has 1 aliphatic carbocycles. The van der Waals surface area contributed by atoms with Crippen molar-refractivity contribution in [1.29, 1.82) is 0 Å². The first-order valence-corrected chi connectivity index (χ1v) is 8.36. The van der Waals surface area contributed by atoms with Crippen molar-refractivity contribution >= 4 is 21.7 Å². The van der Waals surface area contributed by atoms with Crippen LogP contribution < -0.4 is 4.90 Å². The molecule has 2 aromatic heterocycles. The minimum atomic E-state index is 0.541. The summed E-state index contributed by atoms with van der Waals surface area (Å²) in [4.78, 5) is 6.85. The van der Waals surface area contributed by atoms with Crippen LogP contribution in [0.4, 0.5) is 5.82 Å². The van der Waals surface area contributed by atoms with Gasteiger partial charge in [-0.25, -0.2) is 4.98 Å². The van der Waals surface area contributed by atoms with Gasteiger partial charge in [-0.2, -0.15) is 0 Å². The zero-order chi connectivity index (χ0) is 14.2. The predicted molar refractivity (Wildman–Crippen MR) is 84.4 cm³/mol. The Morgan fingerprint density at radius 2 is 1.90 bits per heavy atom. The third-order valence-corrected chi connectivity index (χ3v) is 4.91. The number of nitrogens with zero attached hydrogens (tertiary/aromatic N) is 5. The molecule has 1 saturated carbocycles. The quantitative estimate of drug-likeness (QED) is 0.855. The van der Waals surface area contributed by atoms with Crippen molar-refractivity contribution in [3.63, 3.8) is 0 Å². The summed E-state index contributed by atoms with van der Waals surface area (Å²) >= 11 is 3.43. The normalized spacial score (nSPS) is 20.0. The Morgan fingerprint density at radius 3 is 2.57 bits per heavy atom. The molecule has 2 aliphatic rings. The summed E-state index contributed by atoms with van der Waals surface area (Å²) in [5.41, 5.74) is 0. The standard InChI is InChI=1S/C15H18BrN5/c16-12-1-4-14(17-9-12)20-7-5-11(6-8-20)15-19-18-10-21(15)13-2-3-13/h1,4,9-11,13H,2-3,5-8H2. The van der Waals surface area contributed by atoms with E-state index in [0.717, 1.165) is 36.2 Å². The lowest BCUT2D eigenvalue weighted by Crippen LogP contribution is -2.34. The van der Waals surface area contributed by atoms with Gasteiger partial charge in [0.15, 0.2) is 0 Å². The molecule has 0 atom stereocenters. The van der Waals surface area contributed by atoms with Gasteiger partial charge in [-0.05, 0) is 53.7 Å². The van der Waals surface area contributed by atoms with Crippen molar-refractivity contribution in [2.24, 2.45) is 0 Å². The minimum Gasteiger partial charge on any atom is -0.357 e. The van der Waals surface area contributed by atoms with E-state index in [4.69, 9.17) is 0 Å². The summed E-state index contributed by atoms with van der Waals surface area (Å²) in [5, 5.41) is 8.51. The van der Waals surface area contributed by atoms with Crippen molar-refractivity contribution in [1.82, 2.24) is 19.7 Å². The zero-order valence-electron chi connectivity index (χ0n) is 11.8. The monoisotopic (exact) mass is 347 g/mol. The Labute approximate surface area is 132 Å². The maximum atomic E-state index is 4.49. The summed E-state index contributed by atoms with van der Waals surface area (Å²) in [5.74, 6) is 2.81. The maximum Gasteiger partial charge on any atom is 0.136 e. The summed E-state index contributed by atoms with van der Waals surface area (Å²) in [6.07, 6.45) is 8.60. The van der Waals surface area contributed by atoms with Crippen LogP contribution in [0, 0.1) is 0 Å². The molecule has 2 aromatic rings. The van der Waals surface area contributed by atoms with Gasteiger partial charge in [0.25, 0.3) is 0 Å². The molecule has 2 fully saturated rings. The molecule has 0 amide bonds. The molecular weight excluding hydrogens is 330 g/mol. The number of hydrogen-bond donors (Lipinski definition) is 0. The second-order valence-corrected chi connectivity index (χ2v) is 6.84. The fourth-order valence-corrected chi connectivity index (χ4v) is 3.33. The highest BCUT2D eigenvalue weighted by Gasteiger charge is 2.31. The highest BCUT2D eigenvalue weighted by atomic mass is 79.9. The molecule has 0 unspecified atom stereocenters. The Balaban J connectivity index is 1.44. The van der Waals surface area contributed by atoms with Gasteiger partial charge in [-0.1, -0.05) is 0 Å². The molecule has 0 N–H and O–H groups in total. The van der Waals surface area contributed by atoms with Gasteiger partial charge in [0.1, 0.15) is 18.0 Å². The van der Waals surface area contributed by atoms with Crippen LogP contribution in [-0.4, -0.2) is 32.8 Å². The fraction of sp³-hybridized carbons (Fsp3) is 0.533. The largest absolute Gasteiger partial charge is 0.357 e. The number of anilines is 1. The van der Waals surface area contributed by atoms with E-state index in [1.807, 2.05) is 12.5 Å². The predicted octanol–water partition coefficient (Wildman–Crippen LogP) is 3.15.